The first kappa shape index (κ1) is 67.5. The molecule has 2 fully saturated rings. The van der Waals surface area contributed by atoms with Crippen molar-refractivity contribution in [3.05, 3.63) is 168 Å². The van der Waals surface area contributed by atoms with Gasteiger partial charge in [0.2, 0.25) is 17.8 Å². The Bertz CT molecular complexity index is 4330. The maximum atomic E-state index is 13.6. The number of alkyl halides is 3. The summed E-state index contributed by atoms with van der Waals surface area (Å²) in [5, 5.41) is 51.4. The molecule has 8 aromatic heterocycles. The normalized spacial score (nSPS) is 14.9. The molecule has 3 aromatic carbocycles. The second-order valence-corrected chi connectivity index (χ2v) is 25.5. The number of benzene rings is 3. The number of H-pyrrole nitrogens is 4. The van der Waals surface area contributed by atoms with Gasteiger partial charge in [-0.3, -0.25) is 20.4 Å². The van der Waals surface area contributed by atoms with E-state index >= 15 is 0 Å². The van der Waals surface area contributed by atoms with E-state index in [1.807, 2.05) is 85.7 Å². The molecule has 23 nitrogen and oxygen atoms in total. The highest BCUT2D eigenvalue weighted by atomic mass is 35.5. The van der Waals surface area contributed by atoms with E-state index in [1.54, 1.807) is 25.4 Å². The minimum atomic E-state index is -4.60. The van der Waals surface area contributed by atoms with Gasteiger partial charge in [-0.1, -0.05) is 40.8 Å². The zero-order valence-corrected chi connectivity index (χ0v) is 56.8. The molecule has 1 aliphatic heterocycles. The molecule has 11 aromatic rings. The van der Waals surface area contributed by atoms with Crippen molar-refractivity contribution in [1.82, 2.24) is 80.7 Å². The topological polar surface area (TPSA) is 294 Å². The summed E-state index contributed by atoms with van der Waals surface area (Å²) in [6.45, 7) is 24.2. The second kappa shape index (κ2) is 29.4. The van der Waals surface area contributed by atoms with Gasteiger partial charge >= 0.3 is 6.18 Å². The number of aryl methyl sites for hydroxylation is 11. The molecule has 0 unspecified atom stereocenters. The number of hydrogen-bond acceptors (Lipinski definition) is 19. The molecule has 1 saturated heterocycles. The molecule has 0 spiro atoms. The molecule has 0 bridgehead atoms. The number of rotatable bonds is 16. The summed E-state index contributed by atoms with van der Waals surface area (Å²) in [7, 11) is 0. The number of hydrogen-bond donors (Lipinski definition) is 10. The highest BCUT2D eigenvalue weighted by Gasteiger charge is 2.36. The number of nitrogens with one attached hydrogen (secondary N) is 10. The van der Waals surface area contributed by atoms with Gasteiger partial charge in [-0.25, -0.2) is 15.0 Å². The van der Waals surface area contributed by atoms with Gasteiger partial charge in [-0.15, -0.1) is 0 Å². The van der Waals surface area contributed by atoms with Gasteiger partial charge in [0.1, 0.15) is 21.4 Å². The fraction of sp³-hybridized carbons (Fsp3) is 0.338. The molecular weight excluding hydrogens is 1270 g/mol. The molecule has 28 heteroatoms. The summed E-state index contributed by atoms with van der Waals surface area (Å²) in [6.07, 6.45) is 8.20. The van der Waals surface area contributed by atoms with Crippen LogP contribution in [0.5, 0.6) is 0 Å². The number of aromatic amines is 4. The lowest BCUT2D eigenvalue weighted by Crippen LogP contribution is -2.41. The third kappa shape index (κ3) is 16.8. The average Bonchev–Trinajstić information content (AvgIpc) is 1.63. The van der Waals surface area contributed by atoms with E-state index < -0.39 is 11.7 Å². The van der Waals surface area contributed by atoms with Crippen molar-refractivity contribution < 1.29 is 17.7 Å². The molecule has 0 radical (unpaired) electrons. The van der Waals surface area contributed by atoms with Gasteiger partial charge in [0.15, 0.2) is 34.8 Å². The van der Waals surface area contributed by atoms with E-state index in [9.17, 15) is 13.2 Å². The largest absolute Gasteiger partial charge is 0.421 e. The number of halogens is 5. The second-order valence-electron chi connectivity index (χ2n) is 24.7. The summed E-state index contributed by atoms with van der Waals surface area (Å²) in [5.74, 6) is 4.37. The van der Waals surface area contributed by atoms with Crippen LogP contribution in [0.2, 0.25) is 10.0 Å². The molecule has 1 saturated carbocycles. The quantitative estimate of drug-likeness (QED) is 0.0430. The van der Waals surface area contributed by atoms with Crippen LogP contribution < -0.4 is 31.9 Å². The van der Waals surface area contributed by atoms with Crippen molar-refractivity contribution in [3.8, 4) is 22.6 Å². The zero-order chi connectivity index (χ0) is 67.9. The van der Waals surface area contributed by atoms with Crippen molar-refractivity contribution in [2.45, 2.75) is 139 Å². The van der Waals surface area contributed by atoms with Crippen molar-refractivity contribution in [1.29, 1.82) is 0 Å². The van der Waals surface area contributed by atoms with Crippen molar-refractivity contribution in [2.24, 2.45) is 0 Å². The first-order valence-electron chi connectivity index (χ1n) is 31.7. The first-order valence-corrected chi connectivity index (χ1v) is 32.4. The van der Waals surface area contributed by atoms with Crippen LogP contribution >= 0.6 is 23.2 Å². The average molecular weight is 1350 g/mol. The minimum absolute atomic E-state index is 0.0880. The third-order valence-corrected chi connectivity index (χ3v) is 17.4. The van der Waals surface area contributed by atoms with Crippen LogP contribution in [0.25, 0.3) is 22.6 Å². The maximum Gasteiger partial charge on any atom is 0.421 e. The zero-order valence-electron chi connectivity index (χ0n) is 55.3. The van der Waals surface area contributed by atoms with Gasteiger partial charge in [0.05, 0.1) is 23.8 Å². The molecule has 500 valence electrons. The lowest BCUT2D eigenvalue weighted by atomic mass is 9.79. The van der Waals surface area contributed by atoms with E-state index in [1.165, 1.54) is 69.2 Å². The lowest BCUT2D eigenvalue weighted by Gasteiger charge is -2.39. The Morgan fingerprint density at radius 2 is 0.917 bits per heavy atom. The van der Waals surface area contributed by atoms with Crippen LogP contribution in [0, 0.1) is 76.2 Å². The summed E-state index contributed by atoms with van der Waals surface area (Å²) in [5.41, 5.74) is 16.9. The summed E-state index contributed by atoms with van der Waals surface area (Å²) < 4.78 is 46.2. The lowest BCUT2D eigenvalue weighted by molar-refractivity contribution is -0.137. The summed E-state index contributed by atoms with van der Waals surface area (Å²) in [6, 6.07) is 22.6. The summed E-state index contributed by atoms with van der Waals surface area (Å²) >= 11 is 12.5. The maximum absolute atomic E-state index is 13.6. The standard InChI is InChI=1S/C28H36F3N7.C20H21ClN8.C20H20ClN7O/c1-17-14-24(18(2)13-22(17)20-7-9-21(10-8-20)38-11-5-4-6-12-38)33-27-32-16-23(28(29,30)31)26(35-27)34-25-15-19(3)36-37-25;1-10-6-16(11(2)5-14(10)17-7-12(3)26-28-17)23-20-22-9-15(21)19(25-20)24-18-8-13(4)27-29-18;1-10-6-16(11(2)5-14(10)17-7-13(4)28-29-17)23-20-22-9-15(21)19(25-20)24-18-8-12(3)26-27-18/h13-16,20-21H,4-12H2,1-3H3,(H3,32,33,34,35,36,37);5-9H,1-4H3,(H,26,28)(H3,22,23,24,25,27,29);5-9H,1-4H3,(H3,22,23,24,25,26,27). The molecule has 0 amide bonds. The fourth-order valence-corrected chi connectivity index (χ4v) is 12.2. The van der Waals surface area contributed by atoms with Gasteiger partial charge in [0, 0.05) is 87.5 Å². The van der Waals surface area contributed by atoms with Crippen molar-refractivity contribution in [3.63, 3.8) is 0 Å². The monoisotopic (exact) mass is 1340 g/mol. The third-order valence-electron chi connectivity index (χ3n) is 16.9. The first-order chi connectivity index (χ1) is 45.9. The van der Waals surface area contributed by atoms with Gasteiger partial charge < -0.3 is 41.3 Å². The summed E-state index contributed by atoms with van der Waals surface area (Å²) in [4.78, 5) is 28.4. The van der Waals surface area contributed by atoms with Crippen LogP contribution in [0.1, 0.15) is 124 Å². The van der Waals surface area contributed by atoms with Gasteiger partial charge in [-0.05, 0) is 209 Å². The number of likely N-dealkylation sites (tertiary alicyclic amines) is 1. The predicted molar refractivity (Wildman–Crippen MR) is 372 cm³/mol. The Kier molecular flexibility index (Phi) is 20.7. The van der Waals surface area contributed by atoms with E-state index in [0.717, 1.165) is 108 Å². The van der Waals surface area contributed by atoms with E-state index in [0.29, 0.717) is 51.1 Å². The number of aromatic nitrogens is 15. The van der Waals surface area contributed by atoms with Crippen LogP contribution in [-0.4, -0.2) is 99.9 Å². The van der Waals surface area contributed by atoms with E-state index in [4.69, 9.17) is 27.7 Å². The molecule has 10 N–H and O–H groups in total. The molecule has 13 rings (SSSR count). The SMILES string of the molecule is Cc1cc(-c2cc(C)c(Nc3ncc(Cl)c(Nc4cc(C)[nH]n4)n3)cc2C)on1.Cc1cc(Nc2nc(Nc3cc(C)c(-c4cc(C)[nH]n4)cc3C)ncc2Cl)n[nH]1.Cc1cc(Nc2nc(Nc3cc(C)c(C4CCC(N5CCCCC5)CC4)cc3C)ncc2C(F)(F)F)n[nH]1. The number of anilines is 12. The van der Waals surface area contributed by atoms with Crippen LogP contribution in [-0.2, 0) is 6.18 Å². The van der Waals surface area contributed by atoms with Gasteiger partial charge in [-0.2, -0.15) is 48.5 Å². The Morgan fingerprint density at radius 1 is 0.469 bits per heavy atom. The predicted octanol–water partition coefficient (Wildman–Crippen LogP) is 17.3. The van der Waals surface area contributed by atoms with E-state index in [2.05, 4.69) is 157 Å². The Hall–Kier alpha value is -9.92. The smallest absolute Gasteiger partial charge is 0.356 e. The van der Waals surface area contributed by atoms with Crippen LogP contribution in [0.15, 0.2) is 89.8 Å². The minimum Gasteiger partial charge on any atom is -0.356 e. The fourth-order valence-electron chi connectivity index (χ4n) is 11.9. The van der Waals surface area contributed by atoms with Crippen molar-refractivity contribution in [2.75, 3.05) is 45.0 Å². The highest BCUT2D eigenvalue weighted by molar-refractivity contribution is 6.33. The Balaban J connectivity index is 0.000000148. The molecule has 96 heavy (non-hydrogen) atoms. The van der Waals surface area contributed by atoms with Crippen LogP contribution in [0.4, 0.5) is 83.0 Å². The van der Waals surface area contributed by atoms with Crippen molar-refractivity contribution >= 4 is 93.0 Å². The molecule has 2 aliphatic rings. The van der Waals surface area contributed by atoms with Crippen LogP contribution in [0.3, 0.4) is 0 Å². The Morgan fingerprint density at radius 3 is 1.39 bits per heavy atom. The molecule has 1 aliphatic carbocycles. The van der Waals surface area contributed by atoms with E-state index in [-0.39, 0.29) is 17.6 Å². The number of piperidine rings is 1. The molecular formula is C68H77Cl2F3N22O. The van der Waals surface area contributed by atoms with Gasteiger partial charge in [0.25, 0.3) is 0 Å². The number of nitrogens with zero attached hydrogens (tertiary/aromatic N) is 12. The highest BCUT2D eigenvalue weighted by Crippen LogP contribution is 2.41. The Labute approximate surface area is 563 Å². The molecule has 9 heterocycles. The molecule has 0 atom stereocenters.